The average Bonchev–Trinajstić information content (AvgIpc) is 3.21. The first-order chi connectivity index (χ1) is 27.4. The summed E-state index contributed by atoms with van der Waals surface area (Å²) in [6.45, 7) is 7.19. The van der Waals surface area contributed by atoms with Gasteiger partial charge in [-0.3, -0.25) is 24.1 Å². The van der Waals surface area contributed by atoms with Crippen LogP contribution in [0, 0.1) is 11.8 Å². The number of phenols is 1. The predicted octanol–water partition coefficient (Wildman–Crippen LogP) is 3.72. The molecule has 0 bridgehead atoms. The molecule has 58 heavy (non-hydrogen) atoms. The summed E-state index contributed by atoms with van der Waals surface area (Å²) in [5.41, 5.74) is 2.20. The molecule has 0 aliphatic carbocycles. The summed E-state index contributed by atoms with van der Waals surface area (Å²) < 4.78 is 16.3. The number of phenolic OH excluding ortho intramolecular Hbond substituents is 1. The van der Waals surface area contributed by atoms with E-state index in [1.165, 1.54) is 43.1 Å². The van der Waals surface area contributed by atoms with Crippen molar-refractivity contribution in [3.63, 3.8) is 0 Å². The van der Waals surface area contributed by atoms with Crippen LogP contribution in [0.25, 0.3) is 0 Å². The molecular formula is C44H61N4O10+. The number of hydrogen-bond acceptors (Lipinski definition) is 10. The summed E-state index contributed by atoms with van der Waals surface area (Å²) in [4.78, 5) is 74.3. The summed E-state index contributed by atoms with van der Waals surface area (Å²) in [6.07, 6.45) is -0.295. The number of esters is 2. The minimum atomic E-state index is -1.22. The van der Waals surface area contributed by atoms with Gasteiger partial charge in [-0.1, -0.05) is 52.0 Å². The molecule has 0 aliphatic heterocycles. The Morgan fingerprint density at radius 1 is 0.690 bits per heavy atom. The van der Waals surface area contributed by atoms with Gasteiger partial charge in [0.2, 0.25) is 11.8 Å². The zero-order chi connectivity index (χ0) is 43.3. The van der Waals surface area contributed by atoms with Gasteiger partial charge < -0.3 is 39.5 Å². The minimum absolute atomic E-state index is 0.0130. The lowest BCUT2D eigenvalue weighted by Gasteiger charge is -2.36. The molecule has 3 amide bonds. The van der Waals surface area contributed by atoms with Crippen molar-refractivity contribution < 1.29 is 48.4 Å². The van der Waals surface area contributed by atoms with Crippen LogP contribution in [0.15, 0.2) is 72.8 Å². The van der Waals surface area contributed by atoms with Crippen LogP contribution in [0.4, 0.5) is 0 Å². The lowest BCUT2D eigenvalue weighted by atomic mass is 9.96. The van der Waals surface area contributed by atoms with E-state index in [0.29, 0.717) is 35.5 Å². The first kappa shape index (κ1) is 46.8. The second-order valence-corrected chi connectivity index (χ2v) is 15.2. The molecule has 14 heteroatoms. The maximum Gasteiger partial charge on any atom is 0.328 e. The van der Waals surface area contributed by atoms with Gasteiger partial charge in [0.05, 0.1) is 14.2 Å². The summed E-state index contributed by atoms with van der Waals surface area (Å²) in [6, 6.07) is 16.0. The number of amides is 3. The van der Waals surface area contributed by atoms with Crippen LogP contribution in [-0.2, 0) is 52.7 Å². The predicted molar refractivity (Wildman–Crippen MR) is 220 cm³/mol. The molecule has 0 aliphatic rings. The second kappa shape index (κ2) is 21.8. The van der Waals surface area contributed by atoms with Crippen LogP contribution in [0.1, 0.15) is 50.8 Å². The largest absolute Gasteiger partial charge is 0.593 e. The zero-order valence-corrected chi connectivity index (χ0v) is 35.4. The number of rotatable bonds is 20. The number of nitrogens with one attached hydrogen (secondary N) is 1. The van der Waals surface area contributed by atoms with E-state index in [2.05, 4.69) is 5.32 Å². The molecule has 3 aromatic carbocycles. The highest BCUT2D eigenvalue weighted by atomic mass is 16.6. The highest BCUT2D eigenvalue weighted by Gasteiger charge is 2.40. The Bertz CT molecular complexity index is 1820. The van der Waals surface area contributed by atoms with E-state index < -0.39 is 71.8 Å². The Morgan fingerprint density at radius 3 is 1.66 bits per heavy atom. The Balaban J connectivity index is 1.92. The molecule has 316 valence electrons. The van der Waals surface area contributed by atoms with Crippen LogP contribution in [-0.4, -0.2) is 127 Å². The molecule has 0 saturated heterocycles. The number of hydrogen-bond donors (Lipinski definition) is 2. The Labute approximate surface area is 342 Å². The molecule has 0 heterocycles. The Hall–Kier alpha value is -5.63. The molecular weight excluding hydrogens is 745 g/mol. The Morgan fingerprint density at radius 2 is 1.17 bits per heavy atom. The third-order valence-electron chi connectivity index (χ3n) is 10.5. The normalized spacial score (nSPS) is 14.3. The topological polar surface area (TPSA) is 178 Å². The van der Waals surface area contributed by atoms with Gasteiger partial charge >= 0.3 is 11.9 Å². The third-order valence-corrected chi connectivity index (χ3v) is 10.5. The fourth-order valence-corrected chi connectivity index (χ4v) is 6.44. The van der Waals surface area contributed by atoms with Crippen molar-refractivity contribution in [2.45, 2.75) is 83.6 Å². The summed E-state index contributed by atoms with van der Waals surface area (Å²) in [5, 5.41) is 20.6. The monoisotopic (exact) mass is 805 g/mol. The van der Waals surface area contributed by atoms with Crippen LogP contribution in [0.5, 0.6) is 17.2 Å². The van der Waals surface area contributed by atoms with Gasteiger partial charge in [0.1, 0.15) is 35.7 Å². The highest BCUT2D eigenvalue weighted by molar-refractivity contribution is 5.95. The first-order valence-corrected chi connectivity index (χ1v) is 19.4. The molecule has 0 saturated carbocycles. The number of carbonyl (C=O) groups excluding carboxylic acids is 5. The molecule has 3 rings (SSSR count). The molecule has 4 N–H and O–H groups in total. The molecule has 14 nitrogen and oxygen atoms in total. The van der Waals surface area contributed by atoms with Crippen LogP contribution >= 0.6 is 0 Å². The molecule has 0 aromatic heterocycles. The van der Waals surface area contributed by atoms with Crippen molar-refractivity contribution in [1.82, 2.24) is 20.0 Å². The lowest BCUT2D eigenvalue weighted by molar-refractivity contribution is -0.164. The van der Waals surface area contributed by atoms with E-state index in [-0.39, 0.29) is 18.6 Å². The number of nitrogens with zero attached hydrogens (tertiary/aromatic N) is 3. The summed E-state index contributed by atoms with van der Waals surface area (Å²) in [5.74, 6) is -2.91. The number of benzene rings is 3. The quantitative estimate of drug-likeness (QED) is 0.126. The number of ether oxygens (including phenoxy) is 3. The fraction of sp³-hybridized carbons (Fsp3) is 0.477. The molecule has 0 fully saturated rings. The molecule has 0 spiro atoms. The Kier molecular flexibility index (Phi) is 17.5. The SMILES string of the molecule is CC[C@@H](C)[C@H](OC(=O)[C@@H](Cc1ccc(OC)cc1)N(C)C)C(=O)N[C@@H](C(=O)N(C)C(Cc1ccc(O)cc1)C(=O)N(C)[C@H](Cc1ccc([OH2+])cc1)C(=O)OC)C(C)C. The standard InChI is InChI=1S/C44H60N4O10/c1-11-28(4)39(58-44(55)36(46(5)6)25-31-16-22-34(56-9)23-17-31)40(51)45-38(27(2)3)42(53)47(7)35(24-29-12-18-32(49)19-13-29)41(52)48(8)37(43(54)57-10)26-30-14-20-33(50)21-15-30/h12-23,27-28,35-39,49-50H,11,24-26H2,1-10H3,(H,45,51)/p+1/t28-,35?,36-,37-,38-,39+/m1/s1. The van der Waals surface area contributed by atoms with E-state index in [1.54, 1.807) is 95.4 Å². The number of methoxy groups -OCH3 is 2. The number of likely N-dealkylation sites (N-methyl/N-ethyl adjacent to an activating group) is 3. The van der Waals surface area contributed by atoms with Gasteiger partial charge in [0.25, 0.3) is 11.7 Å². The van der Waals surface area contributed by atoms with Crippen molar-refractivity contribution in [3.8, 4) is 17.2 Å². The van der Waals surface area contributed by atoms with Crippen LogP contribution < -0.4 is 10.1 Å². The van der Waals surface area contributed by atoms with Gasteiger partial charge in [-0.05, 0) is 85.9 Å². The van der Waals surface area contributed by atoms with E-state index in [9.17, 15) is 29.1 Å². The third kappa shape index (κ3) is 12.7. The number of aromatic hydroxyl groups is 1. The zero-order valence-electron chi connectivity index (χ0n) is 35.4. The van der Waals surface area contributed by atoms with Crippen LogP contribution in [0.2, 0.25) is 0 Å². The second-order valence-electron chi connectivity index (χ2n) is 15.2. The highest BCUT2D eigenvalue weighted by Crippen LogP contribution is 2.22. The van der Waals surface area contributed by atoms with E-state index in [1.807, 2.05) is 19.1 Å². The van der Waals surface area contributed by atoms with E-state index in [0.717, 1.165) is 5.56 Å². The summed E-state index contributed by atoms with van der Waals surface area (Å²) in [7, 11) is 9.25. The van der Waals surface area contributed by atoms with Gasteiger partial charge in [0.15, 0.2) is 6.10 Å². The van der Waals surface area contributed by atoms with Crippen LogP contribution in [0.3, 0.4) is 0 Å². The minimum Gasteiger partial charge on any atom is -0.593 e. The van der Waals surface area contributed by atoms with Crippen molar-refractivity contribution in [2.24, 2.45) is 11.8 Å². The molecule has 1 unspecified atom stereocenters. The van der Waals surface area contributed by atoms with Gasteiger partial charge in [-0.2, -0.15) is 0 Å². The van der Waals surface area contributed by atoms with E-state index in [4.69, 9.17) is 19.3 Å². The van der Waals surface area contributed by atoms with Gasteiger partial charge in [-0.25, -0.2) is 4.79 Å². The van der Waals surface area contributed by atoms with Crippen molar-refractivity contribution in [2.75, 3.05) is 42.4 Å². The van der Waals surface area contributed by atoms with Crippen molar-refractivity contribution in [1.29, 1.82) is 0 Å². The van der Waals surface area contributed by atoms with Crippen molar-refractivity contribution >= 4 is 29.7 Å². The number of carbonyl (C=O) groups is 5. The maximum absolute atomic E-state index is 14.5. The maximum atomic E-state index is 14.5. The average molecular weight is 806 g/mol. The van der Waals surface area contributed by atoms with Gasteiger partial charge in [-0.15, -0.1) is 0 Å². The van der Waals surface area contributed by atoms with Gasteiger partial charge in [0, 0.05) is 45.0 Å². The first-order valence-electron chi connectivity index (χ1n) is 19.4. The summed E-state index contributed by atoms with van der Waals surface area (Å²) >= 11 is 0. The van der Waals surface area contributed by atoms with Crippen molar-refractivity contribution in [3.05, 3.63) is 89.5 Å². The van der Waals surface area contributed by atoms with E-state index >= 15 is 0 Å². The molecule has 3 aromatic rings. The lowest BCUT2D eigenvalue weighted by Crippen LogP contribution is -2.59. The fourth-order valence-electron chi connectivity index (χ4n) is 6.44. The smallest absolute Gasteiger partial charge is 0.328 e. The molecule has 6 atom stereocenters. The molecule has 0 radical (unpaired) electrons.